The Morgan fingerprint density at radius 2 is 1.79 bits per heavy atom. The molecule has 0 saturated heterocycles. The van der Waals surface area contributed by atoms with Crippen LogP contribution in [0.5, 0.6) is 0 Å². The van der Waals surface area contributed by atoms with Gasteiger partial charge in [0.1, 0.15) is 11.5 Å². The Labute approximate surface area is 110 Å². The lowest BCUT2D eigenvalue weighted by Gasteiger charge is -2.02. The molecule has 6 nitrogen and oxygen atoms in total. The molecule has 2 aromatic rings. The molecular weight excluding hydrogens is 242 g/mol. The van der Waals surface area contributed by atoms with Gasteiger partial charge in [-0.2, -0.15) is 4.99 Å². The van der Waals surface area contributed by atoms with Crippen molar-refractivity contribution in [2.45, 2.75) is 6.92 Å². The van der Waals surface area contributed by atoms with Crippen LogP contribution in [0.25, 0.3) is 11.3 Å². The topological polar surface area (TPSA) is 116 Å². The van der Waals surface area contributed by atoms with Crippen LogP contribution in [0.4, 0.5) is 5.69 Å². The highest BCUT2D eigenvalue weighted by Crippen LogP contribution is 2.31. The third kappa shape index (κ3) is 3.12. The fourth-order valence-electron chi connectivity index (χ4n) is 1.64. The number of hydrogen-bond donors (Lipinski definition) is 3. The minimum absolute atomic E-state index is 0.00396. The maximum absolute atomic E-state index is 5.63. The summed E-state index contributed by atoms with van der Waals surface area (Å²) in [6, 6.07) is 11.2. The molecule has 1 aromatic carbocycles. The smallest absolute Gasteiger partial charge is 0.223 e. The number of para-hydroxylation sites is 1. The molecule has 6 N–H and O–H groups in total. The Hall–Kier alpha value is -2.76. The summed E-state index contributed by atoms with van der Waals surface area (Å²) in [5.41, 5.74) is 17.6. The van der Waals surface area contributed by atoms with E-state index in [1.54, 1.807) is 0 Å². The Balaban J connectivity index is 2.45. The molecule has 0 unspecified atom stereocenters. The molecule has 6 heteroatoms. The number of nitrogens with two attached hydrogens (primary N) is 3. The normalized spacial score (nSPS) is 11.3. The molecule has 0 spiro atoms. The lowest BCUT2D eigenvalue weighted by atomic mass is 10.1. The number of hydrogen-bond acceptors (Lipinski definition) is 2. The van der Waals surface area contributed by atoms with Gasteiger partial charge in [0.05, 0.1) is 5.69 Å². The summed E-state index contributed by atoms with van der Waals surface area (Å²) in [6.07, 6.45) is 0. The molecule has 0 amide bonds. The summed E-state index contributed by atoms with van der Waals surface area (Å²) < 4.78 is 5.58. The maximum Gasteiger partial charge on any atom is 0.223 e. The van der Waals surface area contributed by atoms with Crippen LogP contribution in [0, 0.1) is 6.92 Å². The first kappa shape index (κ1) is 12.7. The van der Waals surface area contributed by atoms with E-state index in [2.05, 4.69) is 9.98 Å². The van der Waals surface area contributed by atoms with Gasteiger partial charge in [-0.05, 0) is 31.2 Å². The van der Waals surface area contributed by atoms with Crippen molar-refractivity contribution in [3.63, 3.8) is 0 Å². The van der Waals surface area contributed by atoms with Crippen LogP contribution >= 0.6 is 0 Å². The third-order valence-electron chi connectivity index (χ3n) is 2.39. The largest absolute Gasteiger partial charge is 0.461 e. The number of benzene rings is 1. The summed E-state index contributed by atoms with van der Waals surface area (Å²) in [7, 11) is 0. The number of rotatable bonds is 2. The van der Waals surface area contributed by atoms with E-state index in [1.807, 2.05) is 43.3 Å². The zero-order chi connectivity index (χ0) is 13.8. The van der Waals surface area contributed by atoms with E-state index in [4.69, 9.17) is 21.6 Å². The molecule has 0 radical (unpaired) electrons. The Kier molecular flexibility index (Phi) is 3.51. The molecular formula is C13H15N5O. The Morgan fingerprint density at radius 1 is 1.05 bits per heavy atom. The van der Waals surface area contributed by atoms with Crippen LogP contribution in [0.15, 0.2) is 50.8 Å². The zero-order valence-corrected chi connectivity index (χ0v) is 10.5. The summed E-state index contributed by atoms with van der Waals surface area (Å²) in [4.78, 5) is 7.85. The molecule has 0 fully saturated rings. The van der Waals surface area contributed by atoms with Gasteiger partial charge in [-0.3, -0.25) is 0 Å². The van der Waals surface area contributed by atoms with Crippen LogP contribution in [0.3, 0.4) is 0 Å². The molecule has 19 heavy (non-hydrogen) atoms. The fourth-order valence-corrected chi connectivity index (χ4v) is 1.64. The third-order valence-corrected chi connectivity index (χ3v) is 2.39. The van der Waals surface area contributed by atoms with Crippen molar-refractivity contribution in [1.29, 1.82) is 0 Å². The predicted molar refractivity (Wildman–Crippen MR) is 76.0 cm³/mol. The molecule has 0 atom stereocenters. The number of aryl methyl sites for hydroxylation is 1. The second-order valence-electron chi connectivity index (χ2n) is 3.93. The van der Waals surface area contributed by atoms with Crippen molar-refractivity contribution < 1.29 is 4.42 Å². The minimum Gasteiger partial charge on any atom is -0.461 e. The average molecular weight is 257 g/mol. The summed E-state index contributed by atoms with van der Waals surface area (Å²) >= 11 is 0. The SMILES string of the molecule is Cc1ccc(-c2ccccc2N=C(N)N=C(N)N)o1. The van der Waals surface area contributed by atoms with E-state index in [0.717, 1.165) is 11.3 Å². The van der Waals surface area contributed by atoms with Gasteiger partial charge in [0.15, 0.2) is 5.96 Å². The fraction of sp³-hybridized carbons (Fsp3) is 0.0769. The van der Waals surface area contributed by atoms with Gasteiger partial charge >= 0.3 is 0 Å². The van der Waals surface area contributed by atoms with Gasteiger partial charge < -0.3 is 21.6 Å². The standard InChI is InChI=1S/C13H15N5O/c1-8-6-7-11(19-8)9-4-2-3-5-10(9)17-13(16)18-12(14)15/h2-7H,1H3,(H6,14,15,16,17,18). The lowest BCUT2D eigenvalue weighted by Crippen LogP contribution is -2.26. The lowest BCUT2D eigenvalue weighted by molar-refractivity contribution is 0.548. The highest BCUT2D eigenvalue weighted by molar-refractivity contribution is 5.94. The van der Waals surface area contributed by atoms with Gasteiger partial charge in [0.2, 0.25) is 5.96 Å². The summed E-state index contributed by atoms with van der Waals surface area (Å²) in [5, 5.41) is 0. The molecule has 0 aliphatic heterocycles. The van der Waals surface area contributed by atoms with E-state index in [0.29, 0.717) is 11.4 Å². The molecule has 2 rings (SSSR count). The van der Waals surface area contributed by atoms with Gasteiger partial charge in [-0.25, -0.2) is 4.99 Å². The van der Waals surface area contributed by atoms with Crippen LogP contribution in [-0.4, -0.2) is 11.9 Å². The van der Waals surface area contributed by atoms with E-state index in [1.165, 1.54) is 0 Å². The zero-order valence-electron chi connectivity index (χ0n) is 10.5. The molecule has 98 valence electrons. The monoisotopic (exact) mass is 257 g/mol. The summed E-state index contributed by atoms with van der Waals surface area (Å²) in [5.74, 6) is 1.41. The minimum atomic E-state index is -0.132. The van der Waals surface area contributed by atoms with E-state index < -0.39 is 0 Å². The van der Waals surface area contributed by atoms with E-state index in [-0.39, 0.29) is 11.9 Å². The van der Waals surface area contributed by atoms with Gasteiger partial charge in [-0.1, -0.05) is 12.1 Å². The van der Waals surface area contributed by atoms with Crippen molar-refractivity contribution in [2.75, 3.05) is 0 Å². The molecule has 1 aromatic heterocycles. The molecule has 0 aliphatic rings. The van der Waals surface area contributed by atoms with Crippen molar-refractivity contribution in [3.05, 3.63) is 42.2 Å². The first-order chi connectivity index (χ1) is 9.06. The number of nitrogens with zero attached hydrogens (tertiary/aromatic N) is 2. The van der Waals surface area contributed by atoms with Gasteiger partial charge in [0, 0.05) is 5.56 Å². The van der Waals surface area contributed by atoms with Gasteiger partial charge in [0.25, 0.3) is 0 Å². The second-order valence-corrected chi connectivity index (χ2v) is 3.93. The molecule has 0 bridgehead atoms. The predicted octanol–water partition coefficient (Wildman–Crippen LogP) is 1.47. The first-order valence-corrected chi connectivity index (χ1v) is 5.66. The maximum atomic E-state index is 5.63. The van der Waals surface area contributed by atoms with E-state index >= 15 is 0 Å². The van der Waals surface area contributed by atoms with Crippen molar-refractivity contribution in [2.24, 2.45) is 27.2 Å². The quantitative estimate of drug-likeness (QED) is 0.558. The van der Waals surface area contributed by atoms with Crippen molar-refractivity contribution >= 4 is 17.6 Å². The average Bonchev–Trinajstić information content (AvgIpc) is 2.75. The van der Waals surface area contributed by atoms with Crippen LogP contribution in [-0.2, 0) is 0 Å². The summed E-state index contributed by atoms with van der Waals surface area (Å²) in [6.45, 7) is 1.88. The molecule has 0 aliphatic carbocycles. The first-order valence-electron chi connectivity index (χ1n) is 5.66. The van der Waals surface area contributed by atoms with Crippen LogP contribution < -0.4 is 17.2 Å². The highest BCUT2D eigenvalue weighted by atomic mass is 16.3. The van der Waals surface area contributed by atoms with Crippen LogP contribution in [0.1, 0.15) is 5.76 Å². The van der Waals surface area contributed by atoms with Crippen LogP contribution in [0.2, 0.25) is 0 Å². The Bertz CT molecular complexity index is 638. The highest BCUT2D eigenvalue weighted by Gasteiger charge is 2.07. The number of furan rings is 1. The number of aliphatic imine (C=N–C) groups is 2. The van der Waals surface area contributed by atoms with Gasteiger partial charge in [-0.15, -0.1) is 0 Å². The number of guanidine groups is 2. The second kappa shape index (κ2) is 5.26. The molecule has 0 saturated carbocycles. The van der Waals surface area contributed by atoms with Crippen molar-refractivity contribution in [3.8, 4) is 11.3 Å². The molecule has 1 heterocycles. The Morgan fingerprint density at radius 3 is 2.42 bits per heavy atom. The van der Waals surface area contributed by atoms with E-state index in [9.17, 15) is 0 Å². The van der Waals surface area contributed by atoms with Crippen molar-refractivity contribution in [1.82, 2.24) is 0 Å².